The molecule has 0 atom stereocenters. The number of ether oxygens (including phenoxy) is 1. The second-order valence-corrected chi connectivity index (χ2v) is 6.43. The summed E-state index contributed by atoms with van der Waals surface area (Å²) in [5.41, 5.74) is 4.92. The highest BCUT2D eigenvalue weighted by Gasteiger charge is 2.31. The van der Waals surface area contributed by atoms with E-state index in [0.29, 0.717) is 0 Å². The highest BCUT2D eigenvalue weighted by atomic mass is 16.5. The first-order valence-electron chi connectivity index (χ1n) is 7.44. The predicted octanol–water partition coefficient (Wildman–Crippen LogP) is 2.73. The molecule has 21 heavy (non-hydrogen) atoms. The van der Waals surface area contributed by atoms with Crippen LogP contribution in [-0.4, -0.2) is 15.4 Å². The maximum absolute atomic E-state index is 6.10. The molecule has 0 bridgehead atoms. The smallest absolute Gasteiger partial charge is 0.127 e. The van der Waals surface area contributed by atoms with Gasteiger partial charge in [0.15, 0.2) is 0 Å². The molecule has 3 rings (SSSR count). The first-order valence-corrected chi connectivity index (χ1v) is 7.44. The monoisotopic (exact) mass is 285 g/mol. The van der Waals surface area contributed by atoms with Crippen molar-refractivity contribution in [2.45, 2.75) is 45.9 Å². The standard InChI is InChI=1S/C17H23N3O/c1-12-15(11-19-20(12)4)10-18-9-14-7-5-6-13-8-17(2,3)21-16(13)14/h5-7,11,18H,8-10H2,1-4H3. The van der Waals surface area contributed by atoms with Crippen molar-refractivity contribution in [3.05, 3.63) is 46.8 Å². The van der Waals surface area contributed by atoms with Crippen molar-refractivity contribution in [3.8, 4) is 5.75 Å². The third-order valence-electron chi connectivity index (χ3n) is 4.14. The maximum atomic E-state index is 6.10. The van der Waals surface area contributed by atoms with E-state index in [4.69, 9.17) is 4.74 Å². The zero-order valence-electron chi connectivity index (χ0n) is 13.2. The van der Waals surface area contributed by atoms with Gasteiger partial charge in [-0.05, 0) is 26.3 Å². The Morgan fingerprint density at radius 2 is 2.05 bits per heavy atom. The molecule has 1 aromatic heterocycles. The number of aryl methyl sites for hydroxylation is 1. The molecule has 4 nitrogen and oxygen atoms in total. The minimum Gasteiger partial charge on any atom is -0.487 e. The van der Waals surface area contributed by atoms with Crippen LogP contribution < -0.4 is 10.1 Å². The van der Waals surface area contributed by atoms with E-state index in [1.54, 1.807) is 0 Å². The molecule has 0 radical (unpaired) electrons. The van der Waals surface area contributed by atoms with Crippen LogP contribution in [0.4, 0.5) is 0 Å². The van der Waals surface area contributed by atoms with E-state index in [2.05, 4.69) is 49.4 Å². The van der Waals surface area contributed by atoms with Crippen molar-refractivity contribution >= 4 is 0 Å². The van der Waals surface area contributed by atoms with E-state index in [1.807, 2.05) is 17.9 Å². The Hall–Kier alpha value is -1.81. The Morgan fingerprint density at radius 1 is 1.29 bits per heavy atom. The molecule has 0 aliphatic carbocycles. The van der Waals surface area contributed by atoms with Crippen LogP contribution in [-0.2, 0) is 26.6 Å². The fourth-order valence-corrected chi connectivity index (χ4v) is 2.87. The van der Waals surface area contributed by atoms with Gasteiger partial charge in [0, 0.05) is 43.4 Å². The van der Waals surface area contributed by atoms with Crippen molar-refractivity contribution in [3.63, 3.8) is 0 Å². The molecule has 2 heterocycles. The third kappa shape index (κ3) is 2.81. The van der Waals surface area contributed by atoms with Gasteiger partial charge in [-0.25, -0.2) is 0 Å². The summed E-state index contributed by atoms with van der Waals surface area (Å²) in [4.78, 5) is 0. The minimum atomic E-state index is -0.0849. The molecule has 0 saturated heterocycles. The Kier molecular flexibility index (Phi) is 3.49. The van der Waals surface area contributed by atoms with Gasteiger partial charge < -0.3 is 10.1 Å². The Morgan fingerprint density at radius 3 is 2.76 bits per heavy atom. The van der Waals surface area contributed by atoms with E-state index < -0.39 is 0 Å². The number of rotatable bonds is 4. The van der Waals surface area contributed by atoms with Crippen molar-refractivity contribution < 1.29 is 4.74 Å². The lowest BCUT2D eigenvalue weighted by atomic mass is 10.0. The fourth-order valence-electron chi connectivity index (χ4n) is 2.87. The largest absolute Gasteiger partial charge is 0.487 e. The summed E-state index contributed by atoms with van der Waals surface area (Å²) in [6, 6.07) is 6.43. The molecule has 1 N–H and O–H groups in total. The summed E-state index contributed by atoms with van der Waals surface area (Å²) in [7, 11) is 1.97. The van der Waals surface area contributed by atoms with Crippen molar-refractivity contribution in [1.82, 2.24) is 15.1 Å². The number of hydrogen-bond acceptors (Lipinski definition) is 3. The van der Waals surface area contributed by atoms with Crippen LogP contribution >= 0.6 is 0 Å². The van der Waals surface area contributed by atoms with Gasteiger partial charge in [0.1, 0.15) is 11.4 Å². The van der Waals surface area contributed by atoms with Crippen LogP contribution in [0.15, 0.2) is 24.4 Å². The molecule has 0 spiro atoms. The van der Waals surface area contributed by atoms with Crippen LogP contribution in [0.3, 0.4) is 0 Å². The summed E-state index contributed by atoms with van der Waals surface area (Å²) in [5.74, 6) is 1.07. The Bertz CT molecular complexity index is 658. The number of para-hydroxylation sites is 1. The van der Waals surface area contributed by atoms with Crippen LogP contribution in [0, 0.1) is 6.92 Å². The number of nitrogens with zero attached hydrogens (tertiary/aromatic N) is 2. The molecule has 1 aromatic carbocycles. The number of fused-ring (bicyclic) bond motifs is 1. The van der Waals surface area contributed by atoms with Gasteiger partial charge in [-0.3, -0.25) is 4.68 Å². The average Bonchev–Trinajstić information content (AvgIpc) is 2.91. The van der Waals surface area contributed by atoms with Gasteiger partial charge >= 0.3 is 0 Å². The van der Waals surface area contributed by atoms with Crippen molar-refractivity contribution in [1.29, 1.82) is 0 Å². The topological polar surface area (TPSA) is 39.1 Å². The van der Waals surface area contributed by atoms with Crippen LogP contribution in [0.5, 0.6) is 5.75 Å². The summed E-state index contributed by atoms with van der Waals surface area (Å²) >= 11 is 0. The fraction of sp³-hybridized carbons (Fsp3) is 0.471. The number of hydrogen-bond donors (Lipinski definition) is 1. The summed E-state index contributed by atoms with van der Waals surface area (Å²) in [6.07, 6.45) is 2.91. The molecule has 0 saturated carbocycles. The van der Waals surface area contributed by atoms with E-state index in [9.17, 15) is 0 Å². The normalized spacial score (nSPS) is 15.8. The predicted molar refractivity (Wildman–Crippen MR) is 83.3 cm³/mol. The summed E-state index contributed by atoms with van der Waals surface area (Å²) < 4.78 is 8.01. The van der Waals surface area contributed by atoms with Crippen LogP contribution in [0.1, 0.15) is 36.2 Å². The van der Waals surface area contributed by atoms with E-state index in [-0.39, 0.29) is 5.60 Å². The van der Waals surface area contributed by atoms with Crippen LogP contribution in [0.25, 0.3) is 0 Å². The first kappa shape index (κ1) is 14.1. The summed E-state index contributed by atoms with van der Waals surface area (Å²) in [5, 5.41) is 7.77. The first-order chi connectivity index (χ1) is 9.96. The SMILES string of the molecule is Cc1c(CNCc2cccc3c2OC(C)(C)C3)cnn1C. The lowest BCUT2D eigenvalue weighted by Crippen LogP contribution is -2.25. The number of benzene rings is 1. The quantitative estimate of drug-likeness (QED) is 0.939. The highest BCUT2D eigenvalue weighted by Crippen LogP contribution is 2.37. The highest BCUT2D eigenvalue weighted by molar-refractivity contribution is 5.45. The summed E-state index contributed by atoms with van der Waals surface area (Å²) in [6.45, 7) is 8.02. The molecule has 1 aliphatic rings. The van der Waals surface area contributed by atoms with Gasteiger partial charge in [-0.2, -0.15) is 5.10 Å². The lowest BCUT2D eigenvalue weighted by Gasteiger charge is -2.18. The lowest BCUT2D eigenvalue weighted by molar-refractivity contribution is 0.137. The molecule has 2 aromatic rings. The molecule has 0 unspecified atom stereocenters. The van der Waals surface area contributed by atoms with Gasteiger partial charge in [0.2, 0.25) is 0 Å². The Balaban J connectivity index is 1.67. The molecule has 4 heteroatoms. The number of aromatic nitrogens is 2. The number of nitrogens with one attached hydrogen (secondary N) is 1. The molecule has 112 valence electrons. The molecule has 0 amide bonds. The average molecular weight is 285 g/mol. The van der Waals surface area contributed by atoms with E-state index >= 15 is 0 Å². The van der Waals surface area contributed by atoms with Gasteiger partial charge in [0.25, 0.3) is 0 Å². The van der Waals surface area contributed by atoms with Gasteiger partial charge in [0.05, 0.1) is 6.20 Å². The second-order valence-electron chi connectivity index (χ2n) is 6.43. The minimum absolute atomic E-state index is 0.0849. The van der Waals surface area contributed by atoms with Gasteiger partial charge in [-0.15, -0.1) is 0 Å². The zero-order chi connectivity index (χ0) is 15.0. The Labute approximate surface area is 126 Å². The molecular weight excluding hydrogens is 262 g/mol. The third-order valence-corrected chi connectivity index (χ3v) is 4.14. The second kappa shape index (κ2) is 5.19. The van der Waals surface area contributed by atoms with E-state index in [0.717, 1.165) is 25.3 Å². The maximum Gasteiger partial charge on any atom is 0.127 e. The van der Waals surface area contributed by atoms with Crippen molar-refractivity contribution in [2.75, 3.05) is 0 Å². The van der Waals surface area contributed by atoms with Gasteiger partial charge in [-0.1, -0.05) is 18.2 Å². The van der Waals surface area contributed by atoms with E-state index in [1.165, 1.54) is 22.4 Å². The van der Waals surface area contributed by atoms with Crippen molar-refractivity contribution in [2.24, 2.45) is 7.05 Å². The molecule has 1 aliphatic heterocycles. The van der Waals surface area contributed by atoms with Crippen LogP contribution in [0.2, 0.25) is 0 Å². The zero-order valence-corrected chi connectivity index (χ0v) is 13.2. The molecular formula is C17H23N3O. The molecule has 0 fully saturated rings.